The summed E-state index contributed by atoms with van der Waals surface area (Å²) in [7, 11) is 0. The van der Waals surface area contributed by atoms with Crippen molar-refractivity contribution >= 4 is 29.9 Å². The Hall–Kier alpha value is -1.95. The largest absolute Gasteiger partial charge is 0.371 e. The summed E-state index contributed by atoms with van der Waals surface area (Å²) < 4.78 is 5.70. The number of benzene rings is 1. The van der Waals surface area contributed by atoms with E-state index in [0.29, 0.717) is 12.2 Å². The topological polar surface area (TPSA) is 62.7 Å². The van der Waals surface area contributed by atoms with Gasteiger partial charge in [-0.25, -0.2) is 0 Å². The number of morpholine rings is 1. The molecule has 6 heteroatoms. The Labute approximate surface area is 141 Å². The molecule has 0 unspecified atom stereocenters. The van der Waals surface area contributed by atoms with E-state index in [9.17, 15) is 4.79 Å². The Balaban J connectivity index is 1.97. The molecule has 0 spiro atoms. The molecule has 0 aromatic heterocycles. The maximum absolute atomic E-state index is 12.1. The highest BCUT2D eigenvalue weighted by molar-refractivity contribution is 6.29. The average molecular weight is 334 g/mol. The van der Waals surface area contributed by atoms with Crippen LogP contribution in [0.25, 0.3) is 0 Å². The van der Waals surface area contributed by atoms with E-state index in [2.05, 4.69) is 22.3 Å². The zero-order chi connectivity index (χ0) is 16.7. The Morgan fingerprint density at radius 1 is 1.43 bits per heavy atom. The molecule has 0 bridgehead atoms. The van der Waals surface area contributed by atoms with Crippen molar-refractivity contribution in [3.63, 3.8) is 0 Å². The summed E-state index contributed by atoms with van der Waals surface area (Å²) in [4.78, 5) is 15.6. The van der Waals surface area contributed by atoms with Gasteiger partial charge < -0.3 is 15.4 Å². The minimum absolute atomic E-state index is 0.0637. The molecule has 1 amide bonds. The van der Waals surface area contributed by atoms with E-state index in [-0.39, 0.29) is 17.2 Å². The van der Waals surface area contributed by atoms with Crippen molar-refractivity contribution in [2.75, 3.05) is 25.0 Å². The van der Waals surface area contributed by atoms with Crippen LogP contribution in [0.3, 0.4) is 0 Å². The molecule has 2 rings (SSSR count). The molecule has 5 nitrogen and oxygen atoms in total. The highest BCUT2D eigenvalue weighted by atomic mass is 35.5. The molecular formula is C17H20ClN3O2. The van der Waals surface area contributed by atoms with Gasteiger partial charge in [0.25, 0.3) is 5.91 Å². The molecule has 1 aromatic rings. The maximum atomic E-state index is 12.1. The molecule has 1 aromatic carbocycles. The Bertz CT molecular complexity index is 617. The lowest BCUT2D eigenvalue weighted by atomic mass is 10.1. The van der Waals surface area contributed by atoms with E-state index in [1.54, 1.807) is 13.0 Å². The molecule has 0 aliphatic carbocycles. The maximum Gasteiger partial charge on any atom is 0.251 e. The number of hydrogen-bond donors (Lipinski definition) is 2. The molecule has 2 N–H and O–H groups in total. The summed E-state index contributed by atoms with van der Waals surface area (Å²) in [6.45, 7) is 7.41. The first-order chi connectivity index (χ1) is 11.1. The van der Waals surface area contributed by atoms with Gasteiger partial charge in [-0.3, -0.25) is 9.79 Å². The number of amides is 1. The van der Waals surface area contributed by atoms with Crippen LogP contribution >= 0.6 is 11.6 Å². The van der Waals surface area contributed by atoms with Gasteiger partial charge in [-0.1, -0.05) is 29.8 Å². The van der Waals surface area contributed by atoms with Crippen molar-refractivity contribution in [2.24, 2.45) is 4.99 Å². The van der Waals surface area contributed by atoms with Crippen LogP contribution in [0.2, 0.25) is 0 Å². The summed E-state index contributed by atoms with van der Waals surface area (Å²) in [6, 6.07) is 7.66. The van der Waals surface area contributed by atoms with E-state index >= 15 is 0 Å². The standard InChI is InChI=1S/C17H20ClN3O2/c1-12(3-8-16(18)19-2)17(22)21-14-6-4-13(5-7-14)15-11-20-9-10-23-15/h3-8,15,20H,2,9-11H2,1H3,(H,21,22)/b12-3+,16-8-/t15-/m1/s1. The predicted octanol–water partition coefficient (Wildman–Crippen LogP) is 3.01. The monoisotopic (exact) mass is 333 g/mol. The van der Waals surface area contributed by atoms with Crippen LogP contribution in [0.1, 0.15) is 18.6 Å². The van der Waals surface area contributed by atoms with Crippen LogP contribution < -0.4 is 10.6 Å². The number of carbonyl (C=O) groups excluding carboxylic acids is 1. The Morgan fingerprint density at radius 2 is 2.17 bits per heavy atom. The second kappa shape index (κ2) is 8.62. The number of halogens is 1. The van der Waals surface area contributed by atoms with Gasteiger partial charge in [0.1, 0.15) is 5.16 Å². The molecule has 0 saturated carbocycles. The lowest BCUT2D eigenvalue weighted by Gasteiger charge is -2.24. The SMILES string of the molecule is C=N/C(Cl)=C\C=C(/C)C(=O)Nc1ccc([C@H]2CNCCO2)cc1. The molecule has 0 radical (unpaired) electrons. The minimum atomic E-state index is -0.196. The summed E-state index contributed by atoms with van der Waals surface area (Å²) in [5, 5.41) is 6.36. The molecule has 1 heterocycles. The van der Waals surface area contributed by atoms with Gasteiger partial charge in [-0.05, 0) is 37.4 Å². The number of carbonyl (C=O) groups is 1. The third-order valence-corrected chi connectivity index (χ3v) is 3.69. The van der Waals surface area contributed by atoms with Crippen LogP contribution in [0, 0.1) is 0 Å². The van der Waals surface area contributed by atoms with E-state index in [0.717, 1.165) is 24.3 Å². The number of allylic oxidation sites excluding steroid dienone is 2. The number of aliphatic imine (C=N–C) groups is 1. The Morgan fingerprint density at radius 3 is 2.78 bits per heavy atom. The third kappa shape index (κ3) is 5.32. The fraction of sp³-hybridized carbons (Fsp3) is 0.294. The summed E-state index contributed by atoms with van der Waals surface area (Å²) in [5.74, 6) is -0.196. The highest BCUT2D eigenvalue weighted by Gasteiger charge is 2.15. The first-order valence-corrected chi connectivity index (χ1v) is 7.72. The van der Waals surface area contributed by atoms with Gasteiger partial charge in [-0.2, -0.15) is 0 Å². The van der Waals surface area contributed by atoms with Crippen molar-refractivity contribution in [1.82, 2.24) is 5.32 Å². The van der Waals surface area contributed by atoms with Crippen molar-refractivity contribution in [1.29, 1.82) is 0 Å². The first-order valence-electron chi connectivity index (χ1n) is 7.34. The van der Waals surface area contributed by atoms with Gasteiger partial charge in [0, 0.05) is 24.4 Å². The zero-order valence-corrected chi connectivity index (χ0v) is 13.8. The molecule has 1 fully saturated rings. The number of ether oxygens (including phenoxy) is 1. The van der Waals surface area contributed by atoms with Crippen LogP contribution in [-0.4, -0.2) is 32.3 Å². The fourth-order valence-corrected chi connectivity index (χ4v) is 2.18. The van der Waals surface area contributed by atoms with Crippen molar-refractivity contribution in [2.45, 2.75) is 13.0 Å². The number of anilines is 1. The highest BCUT2D eigenvalue weighted by Crippen LogP contribution is 2.21. The van der Waals surface area contributed by atoms with Gasteiger partial charge in [0.05, 0.1) is 12.7 Å². The van der Waals surface area contributed by atoms with E-state index in [1.165, 1.54) is 6.08 Å². The molecule has 1 saturated heterocycles. The predicted molar refractivity (Wildman–Crippen MR) is 93.9 cm³/mol. The Kier molecular flexibility index (Phi) is 6.52. The summed E-state index contributed by atoms with van der Waals surface area (Å²) in [6.07, 6.45) is 3.19. The number of hydrogen-bond acceptors (Lipinski definition) is 4. The molecule has 23 heavy (non-hydrogen) atoms. The molecule has 1 aliphatic rings. The number of rotatable bonds is 5. The van der Waals surface area contributed by atoms with Crippen LogP contribution in [0.5, 0.6) is 0 Å². The normalized spacial score (nSPS) is 19.3. The average Bonchev–Trinajstić information content (AvgIpc) is 2.60. The zero-order valence-electron chi connectivity index (χ0n) is 13.0. The second-order valence-electron chi connectivity index (χ2n) is 5.14. The van der Waals surface area contributed by atoms with Crippen LogP contribution in [-0.2, 0) is 9.53 Å². The third-order valence-electron chi connectivity index (χ3n) is 3.45. The lowest BCUT2D eigenvalue weighted by Crippen LogP contribution is -2.33. The van der Waals surface area contributed by atoms with E-state index in [1.807, 2.05) is 24.3 Å². The van der Waals surface area contributed by atoms with Gasteiger partial charge in [-0.15, -0.1) is 0 Å². The van der Waals surface area contributed by atoms with Gasteiger partial charge in [0.15, 0.2) is 0 Å². The molecule has 1 aliphatic heterocycles. The number of nitrogens with zero attached hydrogens (tertiary/aromatic N) is 1. The van der Waals surface area contributed by atoms with Crippen molar-refractivity contribution in [3.8, 4) is 0 Å². The van der Waals surface area contributed by atoms with Crippen molar-refractivity contribution in [3.05, 3.63) is 52.7 Å². The van der Waals surface area contributed by atoms with E-state index < -0.39 is 0 Å². The molecule has 1 atom stereocenters. The number of nitrogens with one attached hydrogen (secondary N) is 2. The molecular weight excluding hydrogens is 314 g/mol. The first kappa shape index (κ1) is 17.4. The summed E-state index contributed by atoms with van der Waals surface area (Å²) >= 11 is 5.70. The van der Waals surface area contributed by atoms with Crippen LogP contribution in [0.4, 0.5) is 5.69 Å². The van der Waals surface area contributed by atoms with Gasteiger partial charge >= 0.3 is 0 Å². The van der Waals surface area contributed by atoms with E-state index in [4.69, 9.17) is 16.3 Å². The van der Waals surface area contributed by atoms with Crippen molar-refractivity contribution < 1.29 is 9.53 Å². The smallest absolute Gasteiger partial charge is 0.251 e. The lowest BCUT2D eigenvalue weighted by molar-refractivity contribution is -0.112. The second-order valence-corrected chi connectivity index (χ2v) is 5.52. The van der Waals surface area contributed by atoms with Gasteiger partial charge in [0.2, 0.25) is 0 Å². The quantitative estimate of drug-likeness (QED) is 0.377. The minimum Gasteiger partial charge on any atom is -0.371 e. The fourth-order valence-electron chi connectivity index (χ4n) is 2.11. The molecule has 122 valence electrons. The summed E-state index contributed by atoms with van der Waals surface area (Å²) in [5.41, 5.74) is 2.34. The van der Waals surface area contributed by atoms with Crippen LogP contribution in [0.15, 0.2) is 52.1 Å².